The van der Waals surface area contributed by atoms with Gasteiger partial charge < -0.3 is 15.0 Å². The number of amides is 2. The number of nitrogens with zero attached hydrogens (tertiary/aromatic N) is 2. The molecular formula is C13H19N3O2. The Kier molecular flexibility index (Phi) is 3.81. The van der Waals surface area contributed by atoms with E-state index in [0.717, 1.165) is 5.56 Å². The molecule has 0 aromatic carbocycles. The molecule has 0 spiro atoms. The molecule has 0 atom stereocenters. The van der Waals surface area contributed by atoms with Crippen LogP contribution in [0.2, 0.25) is 0 Å². The van der Waals surface area contributed by atoms with E-state index in [1.54, 1.807) is 17.3 Å². The second-order valence-corrected chi connectivity index (χ2v) is 4.89. The molecule has 2 heterocycles. The van der Waals surface area contributed by atoms with Gasteiger partial charge in [-0.2, -0.15) is 0 Å². The number of carbonyl (C=O) groups excluding carboxylic acids is 1. The number of urea groups is 1. The van der Waals surface area contributed by atoms with Crippen LogP contribution in [0.1, 0.15) is 19.4 Å². The van der Waals surface area contributed by atoms with Crippen LogP contribution in [0.25, 0.3) is 0 Å². The van der Waals surface area contributed by atoms with Crippen molar-refractivity contribution < 1.29 is 9.53 Å². The Labute approximate surface area is 107 Å². The van der Waals surface area contributed by atoms with Gasteiger partial charge in [0, 0.05) is 25.5 Å². The lowest BCUT2D eigenvalue weighted by molar-refractivity contribution is 0.0514. The predicted octanol–water partition coefficient (Wildman–Crippen LogP) is 1.36. The SMILES string of the molecule is CC(C)(NC(=O)N1CCOCC1)c1ccncc1. The molecule has 1 aromatic heterocycles. The lowest BCUT2D eigenvalue weighted by atomic mass is 9.95. The minimum Gasteiger partial charge on any atom is -0.378 e. The molecule has 0 aliphatic carbocycles. The first-order chi connectivity index (χ1) is 8.59. The minimum absolute atomic E-state index is 0.0416. The Balaban J connectivity index is 2.01. The summed E-state index contributed by atoms with van der Waals surface area (Å²) in [6.07, 6.45) is 3.47. The molecule has 18 heavy (non-hydrogen) atoms. The number of hydrogen-bond acceptors (Lipinski definition) is 3. The Hall–Kier alpha value is -1.62. The topological polar surface area (TPSA) is 54.5 Å². The fourth-order valence-electron chi connectivity index (χ4n) is 1.95. The maximum Gasteiger partial charge on any atom is 0.318 e. The van der Waals surface area contributed by atoms with Crippen molar-refractivity contribution in [3.05, 3.63) is 30.1 Å². The van der Waals surface area contributed by atoms with E-state index in [1.165, 1.54) is 0 Å². The Bertz CT molecular complexity index is 400. The van der Waals surface area contributed by atoms with E-state index >= 15 is 0 Å². The zero-order valence-electron chi connectivity index (χ0n) is 10.8. The number of morpholine rings is 1. The van der Waals surface area contributed by atoms with E-state index in [0.29, 0.717) is 26.3 Å². The summed E-state index contributed by atoms with van der Waals surface area (Å²) in [6, 6.07) is 3.79. The standard InChI is InChI=1S/C13H19N3O2/c1-13(2,11-3-5-14-6-4-11)15-12(17)16-7-9-18-10-8-16/h3-6H,7-10H2,1-2H3,(H,15,17). The normalized spacial score (nSPS) is 16.4. The highest BCUT2D eigenvalue weighted by molar-refractivity contribution is 5.75. The van der Waals surface area contributed by atoms with Gasteiger partial charge in [-0.3, -0.25) is 4.98 Å². The number of carbonyl (C=O) groups is 1. The molecule has 5 heteroatoms. The fraction of sp³-hybridized carbons (Fsp3) is 0.538. The van der Waals surface area contributed by atoms with Crippen molar-refractivity contribution in [1.82, 2.24) is 15.2 Å². The van der Waals surface area contributed by atoms with Crippen LogP contribution in [0.4, 0.5) is 4.79 Å². The van der Waals surface area contributed by atoms with Gasteiger partial charge in [0.2, 0.25) is 0 Å². The predicted molar refractivity (Wildman–Crippen MR) is 68.2 cm³/mol. The van der Waals surface area contributed by atoms with E-state index in [1.807, 2.05) is 26.0 Å². The summed E-state index contributed by atoms with van der Waals surface area (Å²) >= 11 is 0. The monoisotopic (exact) mass is 249 g/mol. The largest absolute Gasteiger partial charge is 0.378 e. The number of ether oxygens (including phenoxy) is 1. The molecule has 2 amide bonds. The van der Waals surface area contributed by atoms with Gasteiger partial charge in [-0.05, 0) is 31.5 Å². The summed E-state index contributed by atoms with van der Waals surface area (Å²) in [6.45, 7) is 6.50. The van der Waals surface area contributed by atoms with Gasteiger partial charge in [0.1, 0.15) is 0 Å². The van der Waals surface area contributed by atoms with E-state index < -0.39 is 5.54 Å². The molecule has 1 aliphatic rings. The van der Waals surface area contributed by atoms with E-state index in [2.05, 4.69) is 10.3 Å². The highest BCUT2D eigenvalue weighted by atomic mass is 16.5. The van der Waals surface area contributed by atoms with Gasteiger partial charge >= 0.3 is 6.03 Å². The first-order valence-corrected chi connectivity index (χ1v) is 6.15. The average Bonchev–Trinajstić information content (AvgIpc) is 2.40. The molecule has 1 fully saturated rings. The number of hydrogen-bond donors (Lipinski definition) is 1. The molecule has 98 valence electrons. The van der Waals surface area contributed by atoms with E-state index in [-0.39, 0.29) is 6.03 Å². The lowest BCUT2D eigenvalue weighted by Gasteiger charge is -2.33. The van der Waals surface area contributed by atoms with Gasteiger partial charge in [0.25, 0.3) is 0 Å². The second-order valence-electron chi connectivity index (χ2n) is 4.89. The molecule has 0 bridgehead atoms. The summed E-state index contributed by atoms with van der Waals surface area (Å²) in [7, 11) is 0. The van der Waals surface area contributed by atoms with Crippen LogP contribution in [0.3, 0.4) is 0 Å². The third kappa shape index (κ3) is 2.98. The first kappa shape index (κ1) is 12.8. The van der Waals surface area contributed by atoms with Crippen molar-refractivity contribution in [3.63, 3.8) is 0 Å². The molecule has 5 nitrogen and oxygen atoms in total. The van der Waals surface area contributed by atoms with Crippen molar-refractivity contribution in [2.75, 3.05) is 26.3 Å². The zero-order chi connectivity index (χ0) is 13.0. The average molecular weight is 249 g/mol. The number of aromatic nitrogens is 1. The van der Waals surface area contributed by atoms with Gasteiger partial charge in [-0.15, -0.1) is 0 Å². The van der Waals surface area contributed by atoms with Crippen LogP contribution in [-0.4, -0.2) is 42.2 Å². The second kappa shape index (κ2) is 5.35. The molecule has 0 radical (unpaired) electrons. The Morgan fingerprint density at radius 1 is 1.33 bits per heavy atom. The van der Waals surface area contributed by atoms with Crippen molar-refractivity contribution in [3.8, 4) is 0 Å². The van der Waals surface area contributed by atoms with Gasteiger partial charge in [0.15, 0.2) is 0 Å². The first-order valence-electron chi connectivity index (χ1n) is 6.15. The number of pyridine rings is 1. The third-order valence-corrected chi connectivity index (χ3v) is 3.12. The van der Waals surface area contributed by atoms with Crippen molar-refractivity contribution in [2.45, 2.75) is 19.4 Å². The van der Waals surface area contributed by atoms with Crippen LogP contribution in [0.15, 0.2) is 24.5 Å². The number of rotatable bonds is 2. The highest BCUT2D eigenvalue weighted by Crippen LogP contribution is 2.19. The van der Waals surface area contributed by atoms with Crippen LogP contribution in [0, 0.1) is 0 Å². The lowest BCUT2D eigenvalue weighted by Crippen LogP contribution is -2.51. The van der Waals surface area contributed by atoms with Crippen LogP contribution < -0.4 is 5.32 Å². The van der Waals surface area contributed by atoms with Crippen molar-refractivity contribution in [1.29, 1.82) is 0 Å². The molecule has 0 saturated carbocycles. The zero-order valence-corrected chi connectivity index (χ0v) is 10.8. The van der Waals surface area contributed by atoms with Gasteiger partial charge in [-0.25, -0.2) is 4.79 Å². The van der Waals surface area contributed by atoms with E-state index in [4.69, 9.17) is 4.74 Å². The number of nitrogens with one attached hydrogen (secondary N) is 1. The maximum atomic E-state index is 12.1. The summed E-state index contributed by atoms with van der Waals surface area (Å²) < 4.78 is 5.23. The Morgan fingerprint density at radius 3 is 2.56 bits per heavy atom. The quantitative estimate of drug-likeness (QED) is 0.861. The Morgan fingerprint density at radius 2 is 1.94 bits per heavy atom. The molecule has 1 saturated heterocycles. The van der Waals surface area contributed by atoms with Crippen molar-refractivity contribution >= 4 is 6.03 Å². The van der Waals surface area contributed by atoms with Gasteiger partial charge in [-0.1, -0.05) is 0 Å². The smallest absolute Gasteiger partial charge is 0.318 e. The summed E-state index contributed by atoms with van der Waals surface area (Å²) in [4.78, 5) is 17.9. The summed E-state index contributed by atoms with van der Waals surface area (Å²) in [5.41, 5.74) is 0.636. The molecular weight excluding hydrogens is 230 g/mol. The van der Waals surface area contributed by atoms with Crippen LogP contribution >= 0.6 is 0 Å². The summed E-state index contributed by atoms with van der Waals surface area (Å²) in [5, 5.41) is 3.05. The molecule has 1 aliphatic heterocycles. The fourth-order valence-corrected chi connectivity index (χ4v) is 1.95. The van der Waals surface area contributed by atoms with E-state index in [9.17, 15) is 4.79 Å². The van der Waals surface area contributed by atoms with Crippen LogP contribution in [0.5, 0.6) is 0 Å². The van der Waals surface area contributed by atoms with Gasteiger partial charge in [0.05, 0.1) is 18.8 Å². The molecule has 0 unspecified atom stereocenters. The summed E-state index contributed by atoms with van der Waals surface area (Å²) in [5.74, 6) is 0. The van der Waals surface area contributed by atoms with Crippen LogP contribution in [-0.2, 0) is 10.3 Å². The van der Waals surface area contributed by atoms with Crippen molar-refractivity contribution in [2.24, 2.45) is 0 Å². The highest BCUT2D eigenvalue weighted by Gasteiger charge is 2.26. The minimum atomic E-state index is -0.404. The molecule has 1 N–H and O–H groups in total. The molecule has 1 aromatic rings. The maximum absolute atomic E-state index is 12.1. The molecule has 2 rings (SSSR count). The third-order valence-electron chi connectivity index (χ3n) is 3.12.